The first-order valence-corrected chi connectivity index (χ1v) is 11.4. The summed E-state index contributed by atoms with van der Waals surface area (Å²) in [5.74, 6) is -0.266. The van der Waals surface area contributed by atoms with Gasteiger partial charge in [-0.05, 0) is 60.8 Å². The fourth-order valence-electron chi connectivity index (χ4n) is 3.36. The van der Waals surface area contributed by atoms with E-state index in [9.17, 15) is 13.2 Å². The van der Waals surface area contributed by atoms with Crippen LogP contribution in [0.5, 0.6) is 0 Å². The molecule has 1 aliphatic rings. The molecule has 0 unspecified atom stereocenters. The molecule has 150 valence electrons. The number of carbonyl (C=O) groups excluding carboxylic acids is 1. The molecular formula is C21H27N3O3S. The first kappa shape index (κ1) is 20.4. The first-order chi connectivity index (χ1) is 13.2. The van der Waals surface area contributed by atoms with Gasteiger partial charge in [0, 0.05) is 24.3 Å². The number of aryl methyl sites for hydroxylation is 1. The molecule has 0 radical (unpaired) electrons. The van der Waals surface area contributed by atoms with Crippen LogP contribution >= 0.6 is 0 Å². The van der Waals surface area contributed by atoms with Crippen LogP contribution in [0.2, 0.25) is 0 Å². The van der Waals surface area contributed by atoms with Crippen LogP contribution in [0, 0.1) is 6.92 Å². The van der Waals surface area contributed by atoms with Gasteiger partial charge in [0.2, 0.25) is 10.0 Å². The van der Waals surface area contributed by atoms with E-state index in [-0.39, 0.29) is 5.91 Å². The third-order valence-corrected chi connectivity index (χ3v) is 5.47. The molecular weight excluding hydrogens is 374 g/mol. The number of fused-ring (bicyclic) bond motifs is 1. The Morgan fingerprint density at radius 3 is 2.57 bits per heavy atom. The summed E-state index contributed by atoms with van der Waals surface area (Å²) in [6.45, 7) is 6.94. The average molecular weight is 402 g/mol. The molecule has 1 aliphatic heterocycles. The maximum atomic E-state index is 12.7. The van der Waals surface area contributed by atoms with Gasteiger partial charge in [0.1, 0.15) is 0 Å². The highest BCUT2D eigenvalue weighted by Gasteiger charge is 2.19. The number of nitrogens with one attached hydrogen (secondary N) is 2. The fourth-order valence-corrected chi connectivity index (χ4v) is 3.98. The van der Waals surface area contributed by atoms with Gasteiger partial charge in [0.25, 0.3) is 5.91 Å². The van der Waals surface area contributed by atoms with Crippen LogP contribution in [0.25, 0.3) is 0 Å². The zero-order chi connectivity index (χ0) is 20.3. The fraction of sp³-hybridized carbons (Fsp3) is 0.381. The van der Waals surface area contributed by atoms with E-state index in [1.54, 1.807) is 25.1 Å². The Kier molecular flexibility index (Phi) is 6.05. The smallest absolute Gasteiger partial charge is 0.255 e. The van der Waals surface area contributed by atoms with Crippen molar-refractivity contribution in [1.29, 1.82) is 0 Å². The molecule has 0 saturated carbocycles. The molecule has 0 fully saturated rings. The maximum absolute atomic E-state index is 12.7. The van der Waals surface area contributed by atoms with Crippen LogP contribution in [0.1, 0.15) is 46.8 Å². The van der Waals surface area contributed by atoms with E-state index in [0.717, 1.165) is 37.1 Å². The summed E-state index contributed by atoms with van der Waals surface area (Å²) < 4.78 is 25.5. The Morgan fingerprint density at radius 1 is 1.11 bits per heavy atom. The van der Waals surface area contributed by atoms with Gasteiger partial charge in [-0.3, -0.25) is 14.4 Å². The highest BCUT2D eigenvalue weighted by atomic mass is 32.2. The molecule has 2 N–H and O–H groups in total. The lowest BCUT2D eigenvalue weighted by atomic mass is 10.1. The predicted octanol–water partition coefficient (Wildman–Crippen LogP) is 3.73. The van der Waals surface area contributed by atoms with Crippen LogP contribution in [0.4, 0.5) is 11.4 Å². The third-order valence-electron chi connectivity index (χ3n) is 4.88. The van der Waals surface area contributed by atoms with E-state index in [4.69, 9.17) is 0 Å². The molecule has 2 aromatic carbocycles. The van der Waals surface area contributed by atoms with Gasteiger partial charge in [-0.15, -0.1) is 0 Å². The Labute approximate surface area is 167 Å². The molecule has 0 atom stereocenters. The monoisotopic (exact) mass is 401 g/mol. The lowest BCUT2D eigenvalue weighted by molar-refractivity contribution is 0.102. The molecule has 2 aromatic rings. The van der Waals surface area contributed by atoms with Crippen molar-refractivity contribution in [3.8, 4) is 0 Å². The number of nitrogens with zero attached hydrogens (tertiary/aromatic N) is 1. The lowest BCUT2D eigenvalue weighted by Gasteiger charge is -2.13. The summed E-state index contributed by atoms with van der Waals surface area (Å²) in [5, 5.41) is 2.92. The molecule has 3 rings (SSSR count). The molecule has 0 spiro atoms. The number of hydrogen-bond acceptors (Lipinski definition) is 4. The number of hydrogen-bond donors (Lipinski definition) is 2. The first-order valence-electron chi connectivity index (χ1n) is 9.49. The van der Waals surface area contributed by atoms with Gasteiger partial charge in [-0.2, -0.15) is 0 Å². The largest absolute Gasteiger partial charge is 0.322 e. The highest BCUT2D eigenvalue weighted by molar-refractivity contribution is 7.92. The maximum Gasteiger partial charge on any atom is 0.255 e. The summed E-state index contributed by atoms with van der Waals surface area (Å²) >= 11 is 0. The van der Waals surface area contributed by atoms with Gasteiger partial charge in [-0.1, -0.05) is 25.5 Å². The van der Waals surface area contributed by atoms with Crippen molar-refractivity contribution in [2.24, 2.45) is 0 Å². The quantitative estimate of drug-likeness (QED) is 0.741. The van der Waals surface area contributed by atoms with Crippen molar-refractivity contribution in [1.82, 2.24) is 4.90 Å². The second-order valence-corrected chi connectivity index (χ2v) is 9.15. The summed E-state index contributed by atoms with van der Waals surface area (Å²) in [6.07, 6.45) is 3.46. The number of carbonyl (C=O) groups is 1. The highest BCUT2D eigenvalue weighted by Crippen LogP contribution is 2.26. The Balaban J connectivity index is 1.72. The second kappa shape index (κ2) is 8.32. The van der Waals surface area contributed by atoms with E-state index in [1.165, 1.54) is 24.0 Å². The summed E-state index contributed by atoms with van der Waals surface area (Å²) in [6, 6.07) is 11.0. The molecule has 28 heavy (non-hydrogen) atoms. The van der Waals surface area contributed by atoms with Crippen LogP contribution in [-0.2, 0) is 23.1 Å². The normalized spacial score (nSPS) is 14.0. The van der Waals surface area contributed by atoms with Gasteiger partial charge in [0.15, 0.2) is 0 Å². The molecule has 0 aromatic heterocycles. The van der Waals surface area contributed by atoms with Crippen LogP contribution in [0.15, 0.2) is 36.4 Å². The summed E-state index contributed by atoms with van der Waals surface area (Å²) in [4.78, 5) is 15.1. The minimum Gasteiger partial charge on any atom is -0.322 e. The number of sulfonamides is 1. The average Bonchev–Trinajstić information content (AvgIpc) is 3.02. The molecule has 1 heterocycles. The molecule has 0 bridgehead atoms. The molecule has 6 nitrogen and oxygen atoms in total. The van der Waals surface area contributed by atoms with Crippen molar-refractivity contribution >= 4 is 27.3 Å². The number of unbranched alkanes of at least 4 members (excludes halogenated alkanes) is 1. The Morgan fingerprint density at radius 2 is 1.86 bits per heavy atom. The van der Waals surface area contributed by atoms with Crippen molar-refractivity contribution < 1.29 is 13.2 Å². The lowest BCUT2D eigenvalue weighted by Crippen LogP contribution is -2.17. The van der Waals surface area contributed by atoms with E-state index in [1.807, 2.05) is 12.1 Å². The van der Waals surface area contributed by atoms with Crippen LogP contribution in [-0.4, -0.2) is 32.0 Å². The number of anilines is 2. The van der Waals surface area contributed by atoms with Crippen molar-refractivity contribution in [2.75, 3.05) is 22.8 Å². The molecule has 7 heteroatoms. The van der Waals surface area contributed by atoms with Crippen molar-refractivity contribution in [3.63, 3.8) is 0 Å². The van der Waals surface area contributed by atoms with Gasteiger partial charge in [-0.25, -0.2) is 8.42 Å². The minimum absolute atomic E-state index is 0.266. The molecule has 1 amide bonds. The Bertz CT molecular complexity index is 986. The summed E-state index contributed by atoms with van der Waals surface area (Å²) in [5.41, 5.74) is 4.88. The standard InChI is InChI=1S/C21H27N3O3S/c1-4-5-10-24-13-17-8-9-19(11-18(17)14-24)22-21(25)16-7-6-15(2)20(12-16)23-28(3,26)27/h6-9,11-12,23H,4-5,10,13-14H2,1-3H3,(H,22,25). The summed E-state index contributed by atoms with van der Waals surface area (Å²) in [7, 11) is -3.41. The van der Waals surface area contributed by atoms with Crippen LogP contribution in [0.3, 0.4) is 0 Å². The zero-order valence-corrected chi connectivity index (χ0v) is 17.4. The SMILES string of the molecule is CCCCN1Cc2ccc(NC(=O)c3ccc(C)c(NS(C)(=O)=O)c3)cc2C1. The second-order valence-electron chi connectivity index (χ2n) is 7.41. The van der Waals surface area contributed by atoms with Crippen molar-refractivity contribution in [3.05, 3.63) is 58.7 Å². The Hall–Kier alpha value is -2.38. The molecule has 0 aliphatic carbocycles. The van der Waals surface area contributed by atoms with E-state index >= 15 is 0 Å². The van der Waals surface area contributed by atoms with E-state index in [0.29, 0.717) is 11.3 Å². The van der Waals surface area contributed by atoms with Crippen LogP contribution < -0.4 is 10.0 Å². The van der Waals surface area contributed by atoms with Crippen molar-refractivity contribution in [2.45, 2.75) is 39.8 Å². The van der Waals surface area contributed by atoms with E-state index < -0.39 is 10.0 Å². The number of benzene rings is 2. The van der Waals surface area contributed by atoms with E-state index in [2.05, 4.69) is 27.9 Å². The van der Waals surface area contributed by atoms with Gasteiger partial charge in [0.05, 0.1) is 11.9 Å². The topological polar surface area (TPSA) is 78.5 Å². The third kappa shape index (κ3) is 5.11. The number of rotatable bonds is 7. The minimum atomic E-state index is -3.41. The number of amides is 1. The molecule has 0 saturated heterocycles. The predicted molar refractivity (Wildman–Crippen MR) is 113 cm³/mol. The van der Waals surface area contributed by atoms with Gasteiger partial charge >= 0.3 is 0 Å². The van der Waals surface area contributed by atoms with Gasteiger partial charge < -0.3 is 5.32 Å². The zero-order valence-electron chi connectivity index (χ0n) is 16.6.